The van der Waals surface area contributed by atoms with Crippen LogP contribution in [0.1, 0.15) is 37.4 Å². The van der Waals surface area contributed by atoms with Gasteiger partial charge in [-0.3, -0.25) is 0 Å². The van der Waals surface area contributed by atoms with Crippen molar-refractivity contribution in [2.75, 3.05) is 23.7 Å². The molecular weight excluding hydrogens is 276 g/mol. The van der Waals surface area contributed by atoms with Crippen molar-refractivity contribution in [2.24, 2.45) is 5.92 Å². The van der Waals surface area contributed by atoms with Crippen molar-refractivity contribution < 1.29 is 0 Å². The summed E-state index contributed by atoms with van der Waals surface area (Å²) in [5.41, 5.74) is 5.79. The smallest absolute Gasteiger partial charge is 0.134 e. The average molecular weight is 298 g/mol. The van der Waals surface area contributed by atoms with E-state index in [2.05, 4.69) is 30.6 Å². The van der Waals surface area contributed by atoms with Gasteiger partial charge in [-0.1, -0.05) is 0 Å². The molecule has 0 spiro atoms. The van der Waals surface area contributed by atoms with Crippen molar-refractivity contribution >= 4 is 11.6 Å². The molecule has 1 atom stereocenters. The minimum atomic E-state index is 0.471. The molecular formula is C16H22N6. The van der Waals surface area contributed by atoms with Crippen LogP contribution in [0.2, 0.25) is 0 Å². The highest BCUT2D eigenvalue weighted by molar-refractivity contribution is 5.46. The summed E-state index contributed by atoms with van der Waals surface area (Å²) >= 11 is 0. The predicted molar refractivity (Wildman–Crippen MR) is 85.6 cm³/mol. The molecule has 3 heterocycles. The van der Waals surface area contributed by atoms with E-state index in [1.165, 1.54) is 25.1 Å². The van der Waals surface area contributed by atoms with Gasteiger partial charge in [0, 0.05) is 44.0 Å². The highest BCUT2D eigenvalue weighted by Gasteiger charge is 2.28. The van der Waals surface area contributed by atoms with Gasteiger partial charge in [-0.25, -0.2) is 15.0 Å². The number of nitrogen functional groups attached to an aromatic ring is 1. The van der Waals surface area contributed by atoms with E-state index in [4.69, 9.17) is 5.73 Å². The van der Waals surface area contributed by atoms with Gasteiger partial charge >= 0.3 is 0 Å². The maximum Gasteiger partial charge on any atom is 0.134 e. The summed E-state index contributed by atoms with van der Waals surface area (Å²) in [7, 11) is 0. The van der Waals surface area contributed by atoms with Crippen molar-refractivity contribution in [1.29, 1.82) is 0 Å². The summed E-state index contributed by atoms with van der Waals surface area (Å²) in [6.45, 7) is 3.11. The van der Waals surface area contributed by atoms with E-state index < -0.39 is 0 Å². The van der Waals surface area contributed by atoms with Crippen LogP contribution in [0.4, 0.5) is 11.6 Å². The van der Waals surface area contributed by atoms with Gasteiger partial charge in [0.15, 0.2) is 0 Å². The lowest BCUT2D eigenvalue weighted by Gasteiger charge is -2.33. The zero-order valence-electron chi connectivity index (χ0n) is 12.7. The van der Waals surface area contributed by atoms with Crippen LogP contribution < -0.4 is 10.6 Å². The first-order chi connectivity index (χ1) is 10.8. The number of rotatable bonds is 4. The average Bonchev–Trinajstić information content (AvgIpc) is 3.23. The van der Waals surface area contributed by atoms with Crippen molar-refractivity contribution in [3.8, 4) is 0 Å². The molecule has 4 rings (SSSR count). The lowest BCUT2D eigenvalue weighted by molar-refractivity contribution is 0.461. The largest absolute Gasteiger partial charge is 0.384 e. The number of anilines is 2. The lowest BCUT2D eigenvalue weighted by atomic mass is 9.97. The number of imidazole rings is 1. The van der Waals surface area contributed by atoms with Crippen LogP contribution in [0.3, 0.4) is 0 Å². The zero-order valence-corrected chi connectivity index (χ0v) is 12.7. The Balaban J connectivity index is 1.52. The van der Waals surface area contributed by atoms with Gasteiger partial charge in [0.2, 0.25) is 0 Å². The van der Waals surface area contributed by atoms with Crippen LogP contribution >= 0.6 is 0 Å². The van der Waals surface area contributed by atoms with Gasteiger partial charge < -0.3 is 15.2 Å². The van der Waals surface area contributed by atoms with Crippen molar-refractivity contribution in [3.63, 3.8) is 0 Å². The minimum Gasteiger partial charge on any atom is -0.384 e. The third kappa shape index (κ3) is 2.77. The van der Waals surface area contributed by atoms with Gasteiger partial charge in [0.1, 0.15) is 23.8 Å². The molecule has 0 amide bonds. The molecule has 1 aliphatic heterocycles. The molecule has 2 aromatic rings. The first kappa shape index (κ1) is 13.5. The molecule has 2 N–H and O–H groups in total. The Kier molecular flexibility index (Phi) is 3.44. The molecule has 2 aliphatic rings. The monoisotopic (exact) mass is 298 g/mol. The highest BCUT2D eigenvalue weighted by Crippen LogP contribution is 2.33. The summed E-state index contributed by atoms with van der Waals surface area (Å²) in [6, 6.07) is 1.86. The Morgan fingerprint density at radius 3 is 2.91 bits per heavy atom. The molecule has 2 aromatic heterocycles. The maximum absolute atomic E-state index is 5.79. The zero-order chi connectivity index (χ0) is 14.9. The van der Waals surface area contributed by atoms with Crippen LogP contribution in [-0.2, 0) is 6.54 Å². The molecule has 6 nitrogen and oxygen atoms in total. The van der Waals surface area contributed by atoms with E-state index in [1.807, 2.05) is 12.3 Å². The van der Waals surface area contributed by atoms with Crippen LogP contribution in [0, 0.1) is 5.92 Å². The summed E-state index contributed by atoms with van der Waals surface area (Å²) < 4.78 is 2.36. The highest BCUT2D eigenvalue weighted by atomic mass is 15.2. The van der Waals surface area contributed by atoms with Gasteiger partial charge in [0.05, 0.1) is 0 Å². The van der Waals surface area contributed by atoms with Crippen molar-refractivity contribution in [1.82, 2.24) is 19.5 Å². The first-order valence-corrected chi connectivity index (χ1v) is 8.13. The first-order valence-electron chi connectivity index (χ1n) is 8.13. The number of piperidine rings is 1. The van der Waals surface area contributed by atoms with Crippen LogP contribution in [-0.4, -0.2) is 32.6 Å². The van der Waals surface area contributed by atoms with Crippen molar-refractivity contribution in [3.05, 3.63) is 30.6 Å². The summed E-state index contributed by atoms with van der Waals surface area (Å²) in [6.07, 6.45) is 10.7. The Morgan fingerprint density at radius 2 is 2.09 bits per heavy atom. The number of hydrogen-bond donors (Lipinski definition) is 1. The van der Waals surface area contributed by atoms with E-state index >= 15 is 0 Å². The maximum atomic E-state index is 5.79. The molecule has 116 valence electrons. The fourth-order valence-corrected chi connectivity index (χ4v) is 3.34. The topological polar surface area (TPSA) is 72.9 Å². The van der Waals surface area contributed by atoms with Gasteiger partial charge in [0.25, 0.3) is 0 Å². The molecule has 0 bridgehead atoms. The Hall–Kier alpha value is -2.11. The van der Waals surface area contributed by atoms with Crippen LogP contribution in [0.25, 0.3) is 0 Å². The molecule has 0 radical (unpaired) electrons. The fraction of sp³-hybridized carbons (Fsp3) is 0.562. The minimum absolute atomic E-state index is 0.471. The molecule has 1 aliphatic carbocycles. The van der Waals surface area contributed by atoms with E-state index in [0.717, 1.165) is 37.8 Å². The molecule has 1 saturated heterocycles. The molecule has 6 heteroatoms. The lowest BCUT2D eigenvalue weighted by Crippen LogP contribution is -2.36. The number of nitrogens with two attached hydrogens (primary N) is 1. The third-order valence-electron chi connectivity index (χ3n) is 4.68. The SMILES string of the molecule is Nc1cc(N2CCCC(c3nccn3CC3CC3)C2)ncn1. The van der Waals surface area contributed by atoms with E-state index in [0.29, 0.717) is 11.7 Å². The van der Waals surface area contributed by atoms with Crippen LogP contribution in [0.5, 0.6) is 0 Å². The predicted octanol–water partition coefficient (Wildman–Crippen LogP) is 2.05. The van der Waals surface area contributed by atoms with Gasteiger partial charge in [-0.2, -0.15) is 0 Å². The molecule has 22 heavy (non-hydrogen) atoms. The summed E-state index contributed by atoms with van der Waals surface area (Å²) in [5, 5.41) is 0. The van der Waals surface area contributed by atoms with Crippen molar-refractivity contribution in [2.45, 2.75) is 38.1 Å². The Bertz CT molecular complexity index is 648. The molecule has 2 fully saturated rings. The quantitative estimate of drug-likeness (QED) is 0.935. The number of aromatic nitrogens is 4. The van der Waals surface area contributed by atoms with Gasteiger partial charge in [-0.15, -0.1) is 0 Å². The van der Waals surface area contributed by atoms with E-state index in [9.17, 15) is 0 Å². The second-order valence-electron chi connectivity index (χ2n) is 6.47. The summed E-state index contributed by atoms with van der Waals surface area (Å²) in [5.74, 6) is 4.03. The number of nitrogens with zero attached hydrogens (tertiary/aromatic N) is 5. The normalized spacial score (nSPS) is 22.0. The molecule has 1 unspecified atom stereocenters. The van der Waals surface area contributed by atoms with E-state index in [-0.39, 0.29) is 0 Å². The van der Waals surface area contributed by atoms with E-state index in [1.54, 1.807) is 6.33 Å². The standard InChI is InChI=1S/C16H22N6/c17-14-8-15(20-11-19-14)21-6-1-2-13(10-21)16-18-5-7-22(16)9-12-3-4-12/h5,7-8,11-13H,1-4,6,9-10H2,(H2,17,19,20). The molecule has 1 saturated carbocycles. The second-order valence-corrected chi connectivity index (χ2v) is 6.47. The third-order valence-corrected chi connectivity index (χ3v) is 4.68. The molecule has 0 aromatic carbocycles. The van der Waals surface area contributed by atoms with Gasteiger partial charge in [-0.05, 0) is 31.6 Å². The number of hydrogen-bond acceptors (Lipinski definition) is 5. The fourth-order valence-electron chi connectivity index (χ4n) is 3.34. The Labute approximate surface area is 130 Å². The second kappa shape index (κ2) is 5.59. The van der Waals surface area contributed by atoms with Crippen LogP contribution in [0.15, 0.2) is 24.8 Å². The Morgan fingerprint density at radius 1 is 1.18 bits per heavy atom. The summed E-state index contributed by atoms with van der Waals surface area (Å²) in [4.78, 5) is 15.3.